The summed E-state index contributed by atoms with van der Waals surface area (Å²) in [6, 6.07) is 52.2. The number of benzene rings is 6. The number of hydrogen-bond donors (Lipinski definition) is 0. The molecule has 6 aromatic rings. The van der Waals surface area contributed by atoms with E-state index in [2.05, 4.69) is 0 Å². The summed E-state index contributed by atoms with van der Waals surface area (Å²) in [5.74, 6) is 1.53. The third kappa shape index (κ3) is 6.91. The first-order valence-corrected chi connectivity index (χ1v) is 20.3. The minimum atomic E-state index is -4.37. The summed E-state index contributed by atoms with van der Waals surface area (Å²) in [5.41, 5.74) is 2.26. The van der Waals surface area contributed by atoms with Gasteiger partial charge in [0.15, 0.2) is 0 Å². The van der Waals surface area contributed by atoms with Crippen LogP contribution < -0.4 is 25.4 Å². The first kappa shape index (κ1) is 34.1. The second-order valence-corrected chi connectivity index (χ2v) is 18.5. The van der Waals surface area contributed by atoms with Crippen LogP contribution in [0.5, 0.6) is 11.5 Å². The summed E-state index contributed by atoms with van der Waals surface area (Å²) in [5, 5.41) is 2.55. The van der Waals surface area contributed by atoms with Crippen LogP contribution in [0.2, 0.25) is 0 Å². The quantitative estimate of drug-likeness (QED) is 0.0847. The zero-order valence-corrected chi connectivity index (χ0v) is 29.5. The molecule has 0 aliphatic rings. The molecule has 0 saturated heterocycles. The third-order valence-electron chi connectivity index (χ3n) is 8.91. The molecule has 0 atom stereocenters. The van der Waals surface area contributed by atoms with E-state index >= 15 is 0 Å². The van der Waals surface area contributed by atoms with Crippen molar-refractivity contribution in [3.05, 3.63) is 169 Å². The Balaban J connectivity index is 1.36. The van der Waals surface area contributed by atoms with E-state index in [0.717, 1.165) is 39.2 Å². The molecule has 0 saturated carbocycles. The molecule has 6 rings (SSSR count). The van der Waals surface area contributed by atoms with Gasteiger partial charge in [-0.05, 0) is 12.1 Å². The van der Waals surface area contributed by atoms with Gasteiger partial charge < -0.3 is 4.74 Å². The van der Waals surface area contributed by atoms with Crippen molar-refractivity contribution in [1.82, 2.24) is 0 Å². The van der Waals surface area contributed by atoms with Crippen molar-refractivity contribution in [3.8, 4) is 22.6 Å². The molecule has 0 fully saturated rings. The minimum absolute atomic E-state index is 0.120. The summed E-state index contributed by atoms with van der Waals surface area (Å²) in [7, 11) is -4.37. The van der Waals surface area contributed by atoms with E-state index in [9.17, 15) is 8.42 Å². The predicted molar refractivity (Wildman–Crippen MR) is 203 cm³/mol. The van der Waals surface area contributed by atoms with Crippen molar-refractivity contribution < 1.29 is 21.9 Å². The normalized spacial score (nSPS) is 12.5. The summed E-state index contributed by atoms with van der Waals surface area (Å²) < 4.78 is 48.7. The average molecular weight is 689 g/mol. The van der Waals surface area contributed by atoms with E-state index in [1.165, 1.54) is 0 Å². The molecule has 0 aliphatic carbocycles. The molecule has 7 heteroatoms. The summed E-state index contributed by atoms with van der Waals surface area (Å²) in [4.78, 5) is 0.120. The fraction of sp³-hybridized carbons (Fsp3) is 0.143. The van der Waals surface area contributed by atoms with Gasteiger partial charge in [0.2, 0.25) is 0 Å². The zero-order valence-electron chi connectivity index (χ0n) is 27.8. The van der Waals surface area contributed by atoms with Crippen LogP contribution >= 0.6 is 6.83 Å². The summed E-state index contributed by atoms with van der Waals surface area (Å²) in [6.45, 7) is 0.923. The van der Waals surface area contributed by atoms with Gasteiger partial charge >= 0.3 is 250 Å². The van der Waals surface area contributed by atoms with E-state index in [1.54, 1.807) is 6.07 Å². The van der Waals surface area contributed by atoms with E-state index in [-0.39, 0.29) is 4.90 Å². The van der Waals surface area contributed by atoms with Crippen LogP contribution in [0.3, 0.4) is 0 Å². The molecule has 0 aliphatic heterocycles. The van der Waals surface area contributed by atoms with E-state index in [1.807, 2.05) is 172 Å². The third-order valence-corrected chi connectivity index (χ3v) is 17.3. The first-order chi connectivity index (χ1) is 23.8. The van der Waals surface area contributed by atoms with Gasteiger partial charge in [-0.2, -0.15) is 0 Å². The van der Waals surface area contributed by atoms with Crippen molar-refractivity contribution in [2.45, 2.75) is 25.2 Å². The molecule has 49 heavy (non-hydrogen) atoms. The first-order valence-electron chi connectivity index (χ1n) is 16.5. The number of rotatable bonds is 14. The molecule has 0 radical (unpaired) electrons. The molecule has 0 bridgehead atoms. The van der Waals surface area contributed by atoms with Crippen LogP contribution in [0.25, 0.3) is 11.1 Å². The van der Waals surface area contributed by atoms with Crippen LogP contribution in [0.1, 0.15) is 18.9 Å². The molecule has 5 nitrogen and oxygen atoms in total. The molecule has 0 aromatic heterocycles. The number of para-hydroxylation sites is 1. The maximum absolute atomic E-state index is 15.0. The Morgan fingerprint density at radius 1 is 0.551 bits per heavy atom. The molecule has 250 valence electrons. The van der Waals surface area contributed by atoms with Crippen LogP contribution in [-0.2, 0) is 14.1 Å². The monoisotopic (exact) mass is 688 g/mol. The van der Waals surface area contributed by atoms with Crippen LogP contribution in [-0.4, -0.2) is 27.8 Å². The number of aryl methyl sites for hydroxylation is 1. The molecular weight excluding hydrogens is 647 g/mol. The maximum atomic E-state index is 15.0. The van der Waals surface area contributed by atoms with Crippen LogP contribution in [0.15, 0.2) is 169 Å². The van der Waals surface area contributed by atoms with Gasteiger partial charge in [-0.3, -0.25) is 0 Å². The fourth-order valence-corrected chi connectivity index (χ4v) is 15.0. The predicted octanol–water partition coefficient (Wildman–Crippen LogP) is 8.68. The summed E-state index contributed by atoms with van der Waals surface area (Å²) in [6.07, 6.45) is 1.16. The molecule has 6 aromatic carbocycles. The number of ether oxygens (including phenoxy) is 2. The molecular formula is C42H41O5PS. The second-order valence-electron chi connectivity index (χ2n) is 12.0. The van der Waals surface area contributed by atoms with Crippen molar-refractivity contribution >= 4 is 32.9 Å². The molecule has 0 unspecified atom stereocenters. The Kier molecular flexibility index (Phi) is 10.3. The molecule has 0 N–H and O–H groups in total. The Hall–Kier alpha value is -4.74. The Morgan fingerprint density at radius 2 is 1.00 bits per heavy atom. The van der Waals surface area contributed by atoms with Crippen molar-refractivity contribution in [2.24, 2.45) is 0 Å². The average Bonchev–Trinajstić information content (AvgIpc) is 3.15. The van der Waals surface area contributed by atoms with Gasteiger partial charge in [0.25, 0.3) is 0 Å². The van der Waals surface area contributed by atoms with E-state index in [0.29, 0.717) is 30.7 Å². The Morgan fingerprint density at radius 3 is 1.47 bits per heavy atom. The molecule has 0 spiro atoms. The van der Waals surface area contributed by atoms with Gasteiger partial charge in [0.1, 0.15) is 5.75 Å². The van der Waals surface area contributed by atoms with Crippen molar-refractivity contribution in [2.75, 3.05) is 19.4 Å². The van der Waals surface area contributed by atoms with Crippen LogP contribution in [0.4, 0.5) is 0 Å². The van der Waals surface area contributed by atoms with Gasteiger partial charge in [-0.15, -0.1) is 0 Å². The van der Waals surface area contributed by atoms with Gasteiger partial charge in [-0.1, -0.05) is 18.2 Å². The van der Waals surface area contributed by atoms with Gasteiger partial charge in [-0.25, -0.2) is 0 Å². The molecule has 0 amide bonds. The standard InChI is InChI=1S/C42H41O5PS/c1-3-48(38-19-10-5-11-20-38,39-21-12-6-13-22-39,40-23-14-7-15-24-40)47-49(43,44)42-30-25-34(2)33-41(42)35-26-28-37(29-27-35)46-32-16-31-45-36-17-8-4-9-18-36/h4-15,17-30,33H,3,16,31-32H2,1-2H3. The topological polar surface area (TPSA) is 61.8 Å². The number of hydrogen-bond acceptors (Lipinski definition) is 5. The van der Waals surface area contributed by atoms with Gasteiger partial charge in [0, 0.05) is 0 Å². The van der Waals surface area contributed by atoms with Crippen molar-refractivity contribution in [3.63, 3.8) is 0 Å². The van der Waals surface area contributed by atoms with Crippen LogP contribution in [0, 0.1) is 6.92 Å². The zero-order chi connectivity index (χ0) is 34.2. The van der Waals surface area contributed by atoms with Gasteiger partial charge in [0.05, 0.1) is 0 Å². The Bertz CT molecular complexity index is 1970. The SMILES string of the molecule is CCP(OS(=O)(=O)c1ccc(C)cc1-c1ccc(OCCCOc2ccccc2)cc1)(c1ccccc1)(c1ccccc1)c1ccccc1. The second kappa shape index (κ2) is 14.8. The van der Waals surface area contributed by atoms with E-state index in [4.69, 9.17) is 13.4 Å². The summed E-state index contributed by atoms with van der Waals surface area (Å²) >= 11 is 0. The fourth-order valence-electron chi connectivity index (χ4n) is 6.44. The molecule has 0 heterocycles. The van der Waals surface area contributed by atoms with E-state index < -0.39 is 16.9 Å². The van der Waals surface area contributed by atoms with Crippen molar-refractivity contribution in [1.29, 1.82) is 0 Å². The Labute approximate surface area is 290 Å².